The van der Waals surface area contributed by atoms with E-state index >= 15 is 0 Å². The molecule has 7 nitrogen and oxygen atoms in total. The summed E-state index contributed by atoms with van der Waals surface area (Å²) in [5.74, 6) is -0.968. The van der Waals surface area contributed by atoms with Gasteiger partial charge in [-0.2, -0.15) is 0 Å². The summed E-state index contributed by atoms with van der Waals surface area (Å²) < 4.78 is 5.20. The van der Waals surface area contributed by atoms with E-state index < -0.39 is 24.5 Å². The van der Waals surface area contributed by atoms with Crippen LogP contribution in [0.25, 0.3) is 10.9 Å². The number of pyridine rings is 1. The van der Waals surface area contributed by atoms with Crippen LogP contribution in [0.3, 0.4) is 0 Å². The Morgan fingerprint density at radius 2 is 2.00 bits per heavy atom. The molecule has 28 heavy (non-hydrogen) atoms. The van der Waals surface area contributed by atoms with Crippen LogP contribution in [0.4, 0.5) is 0 Å². The molecule has 1 atom stereocenters. The molecular weight excluding hydrogens is 358 g/mol. The zero-order valence-corrected chi connectivity index (χ0v) is 16.2. The van der Waals surface area contributed by atoms with Crippen molar-refractivity contribution in [3.8, 4) is 0 Å². The third kappa shape index (κ3) is 4.85. The second kappa shape index (κ2) is 8.82. The largest absolute Gasteiger partial charge is 0.452 e. The van der Waals surface area contributed by atoms with Crippen molar-refractivity contribution in [2.45, 2.75) is 45.1 Å². The van der Waals surface area contributed by atoms with Crippen LogP contribution >= 0.6 is 0 Å². The molecule has 1 aromatic heterocycles. The normalized spacial score (nSPS) is 14.4. The van der Waals surface area contributed by atoms with Crippen LogP contribution in [0.2, 0.25) is 0 Å². The Balaban J connectivity index is 1.63. The number of esters is 1. The van der Waals surface area contributed by atoms with Crippen molar-refractivity contribution < 1.29 is 19.1 Å². The molecule has 0 saturated heterocycles. The van der Waals surface area contributed by atoms with Crippen LogP contribution in [0.15, 0.2) is 30.3 Å². The molecule has 1 aromatic carbocycles. The van der Waals surface area contributed by atoms with Gasteiger partial charge in [-0.05, 0) is 38.3 Å². The number of rotatable bonds is 8. The van der Waals surface area contributed by atoms with Gasteiger partial charge < -0.3 is 15.4 Å². The average molecular weight is 383 g/mol. The van der Waals surface area contributed by atoms with Gasteiger partial charge in [0.2, 0.25) is 5.91 Å². The summed E-state index contributed by atoms with van der Waals surface area (Å²) in [7, 11) is 0. The topological polar surface area (TPSA) is 97.4 Å². The lowest BCUT2D eigenvalue weighted by Crippen LogP contribution is -2.46. The predicted molar refractivity (Wildman–Crippen MR) is 105 cm³/mol. The Bertz CT molecular complexity index is 892. The summed E-state index contributed by atoms with van der Waals surface area (Å²) in [6.45, 7) is 3.63. The lowest BCUT2D eigenvalue weighted by molar-refractivity contribution is -0.130. The fourth-order valence-electron chi connectivity index (χ4n) is 2.91. The lowest BCUT2D eigenvalue weighted by atomic mass is 10.1. The maximum Gasteiger partial charge on any atom is 0.339 e. The highest BCUT2D eigenvalue weighted by Crippen LogP contribution is 2.40. The van der Waals surface area contributed by atoms with Gasteiger partial charge in [-0.25, -0.2) is 4.79 Å². The van der Waals surface area contributed by atoms with Crippen LogP contribution < -0.4 is 10.6 Å². The number of benzene rings is 1. The summed E-state index contributed by atoms with van der Waals surface area (Å²) >= 11 is 0. The molecule has 2 N–H and O–H groups in total. The van der Waals surface area contributed by atoms with Crippen molar-refractivity contribution in [1.82, 2.24) is 15.6 Å². The fourth-order valence-corrected chi connectivity index (χ4v) is 2.91. The molecule has 7 heteroatoms. The Morgan fingerprint density at radius 1 is 1.25 bits per heavy atom. The highest BCUT2D eigenvalue weighted by Gasteiger charge is 2.27. The standard InChI is InChI=1S/C21H25N3O4/c1-3-10-22-20(26)13(2)23-19(25)12-28-21(27)16-11-18(14-8-9-14)24-17-7-5-4-6-15(16)17/h4-7,11,13-14H,3,8-10,12H2,1-2H3,(H,22,26)(H,23,25)/t13-/m0/s1. The van der Waals surface area contributed by atoms with Gasteiger partial charge in [0.15, 0.2) is 6.61 Å². The van der Waals surface area contributed by atoms with E-state index in [9.17, 15) is 14.4 Å². The molecule has 0 radical (unpaired) electrons. The number of amides is 2. The quantitative estimate of drug-likeness (QED) is 0.682. The van der Waals surface area contributed by atoms with E-state index in [-0.39, 0.29) is 5.91 Å². The number of nitrogens with zero attached hydrogens (tertiary/aromatic N) is 1. The monoisotopic (exact) mass is 383 g/mol. The molecular formula is C21H25N3O4. The summed E-state index contributed by atoms with van der Waals surface area (Å²) in [4.78, 5) is 41.1. The minimum Gasteiger partial charge on any atom is -0.452 e. The lowest BCUT2D eigenvalue weighted by Gasteiger charge is -2.14. The molecule has 0 bridgehead atoms. The molecule has 1 aliphatic rings. The Morgan fingerprint density at radius 3 is 2.71 bits per heavy atom. The summed E-state index contributed by atoms with van der Waals surface area (Å²) in [5, 5.41) is 5.93. The molecule has 1 fully saturated rings. The molecule has 1 heterocycles. The van der Waals surface area contributed by atoms with E-state index in [1.165, 1.54) is 0 Å². The molecule has 0 unspecified atom stereocenters. The number of carbonyl (C=O) groups is 3. The predicted octanol–water partition coefficient (Wildman–Crippen LogP) is 2.30. The first-order valence-corrected chi connectivity index (χ1v) is 9.63. The van der Waals surface area contributed by atoms with E-state index in [1.807, 2.05) is 31.2 Å². The number of ether oxygens (including phenoxy) is 1. The zero-order valence-electron chi connectivity index (χ0n) is 16.2. The highest BCUT2D eigenvalue weighted by molar-refractivity contribution is 6.04. The van der Waals surface area contributed by atoms with Gasteiger partial charge in [0.05, 0.1) is 11.1 Å². The Kier molecular flexibility index (Phi) is 6.23. The second-order valence-electron chi connectivity index (χ2n) is 7.04. The molecule has 1 saturated carbocycles. The van der Waals surface area contributed by atoms with Crippen LogP contribution in [0.1, 0.15) is 55.1 Å². The van der Waals surface area contributed by atoms with Crippen molar-refractivity contribution in [2.24, 2.45) is 0 Å². The van der Waals surface area contributed by atoms with Crippen molar-refractivity contribution >= 4 is 28.7 Å². The molecule has 2 amide bonds. The maximum atomic E-state index is 12.6. The Hall–Kier alpha value is -2.96. The van der Waals surface area contributed by atoms with Crippen molar-refractivity contribution in [3.63, 3.8) is 0 Å². The number of para-hydroxylation sites is 1. The first-order chi connectivity index (χ1) is 13.5. The van der Waals surface area contributed by atoms with Crippen molar-refractivity contribution in [2.75, 3.05) is 13.2 Å². The summed E-state index contributed by atoms with van der Waals surface area (Å²) in [6.07, 6.45) is 2.95. The molecule has 1 aliphatic carbocycles. The number of carbonyl (C=O) groups excluding carboxylic acids is 3. The second-order valence-corrected chi connectivity index (χ2v) is 7.04. The van der Waals surface area contributed by atoms with Crippen LogP contribution in [-0.4, -0.2) is 42.0 Å². The number of aromatic nitrogens is 1. The van der Waals surface area contributed by atoms with Crippen molar-refractivity contribution in [1.29, 1.82) is 0 Å². The summed E-state index contributed by atoms with van der Waals surface area (Å²) in [6, 6.07) is 8.46. The number of hydrogen-bond acceptors (Lipinski definition) is 5. The smallest absolute Gasteiger partial charge is 0.339 e. The van der Waals surface area contributed by atoms with Gasteiger partial charge in [-0.1, -0.05) is 25.1 Å². The zero-order chi connectivity index (χ0) is 20.1. The average Bonchev–Trinajstić information content (AvgIpc) is 3.54. The van der Waals surface area contributed by atoms with Gasteiger partial charge >= 0.3 is 5.97 Å². The molecule has 2 aromatic rings. The molecule has 3 rings (SSSR count). The molecule has 0 spiro atoms. The third-order valence-corrected chi connectivity index (χ3v) is 4.61. The van der Waals surface area contributed by atoms with E-state index in [1.54, 1.807) is 13.0 Å². The SMILES string of the molecule is CCCNC(=O)[C@H](C)NC(=O)COC(=O)c1cc(C2CC2)nc2ccccc12. The minimum absolute atomic E-state index is 0.268. The number of nitrogens with one attached hydrogen (secondary N) is 2. The third-order valence-electron chi connectivity index (χ3n) is 4.61. The molecule has 0 aliphatic heterocycles. The van der Waals surface area contributed by atoms with Gasteiger partial charge in [0, 0.05) is 23.5 Å². The van der Waals surface area contributed by atoms with Gasteiger partial charge in [-0.15, -0.1) is 0 Å². The minimum atomic E-state index is -0.694. The van der Waals surface area contributed by atoms with E-state index in [2.05, 4.69) is 15.6 Å². The highest BCUT2D eigenvalue weighted by atomic mass is 16.5. The number of fused-ring (bicyclic) bond motifs is 1. The van der Waals surface area contributed by atoms with E-state index in [4.69, 9.17) is 4.74 Å². The molecule has 148 valence electrons. The summed E-state index contributed by atoms with van der Waals surface area (Å²) in [5.41, 5.74) is 2.04. The first kappa shape index (κ1) is 19.8. The number of hydrogen-bond donors (Lipinski definition) is 2. The maximum absolute atomic E-state index is 12.6. The first-order valence-electron chi connectivity index (χ1n) is 9.63. The fraction of sp³-hybridized carbons (Fsp3) is 0.429. The van der Waals surface area contributed by atoms with Crippen molar-refractivity contribution in [3.05, 3.63) is 41.6 Å². The van der Waals surface area contributed by atoms with Crippen LogP contribution in [-0.2, 0) is 14.3 Å². The van der Waals surface area contributed by atoms with Crippen LogP contribution in [0, 0.1) is 0 Å². The van der Waals surface area contributed by atoms with Crippen LogP contribution in [0.5, 0.6) is 0 Å². The van der Waals surface area contributed by atoms with Gasteiger partial charge in [-0.3, -0.25) is 14.6 Å². The Labute approximate surface area is 163 Å². The van der Waals surface area contributed by atoms with E-state index in [0.29, 0.717) is 23.4 Å². The van der Waals surface area contributed by atoms with Gasteiger partial charge in [0.1, 0.15) is 6.04 Å². The van der Waals surface area contributed by atoms with Gasteiger partial charge in [0.25, 0.3) is 5.91 Å². The van der Waals surface area contributed by atoms with E-state index in [0.717, 1.165) is 30.5 Å².